The summed E-state index contributed by atoms with van der Waals surface area (Å²) in [5.74, 6) is 0. The van der Waals surface area contributed by atoms with Gasteiger partial charge in [-0.25, -0.2) is 9.97 Å². The summed E-state index contributed by atoms with van der Waals surface area (Å²) in [5, 5.41) is 4.94. The number of aromatic nitrogens is 4. The molecular weight excluding hydrogens is 352 g/mol. The van der Waals surface area contributed by atoms with Gasteiger partial charge in [-0.05, 0) is 24.6 Å². The largest absolute Gasteiger partial charge is 0.408 e. The highest BCUT2D eigenvalue weighted by atomic mass is 35.5. The van der Waals surface area contributed by atoms with E-state index in [-0.39, 0.29) is 12.4 Å². The molecule has 0 aromatic carbocycles. The van der Waals surface area contributed by atoms with E-state index in [1.807, 2.05) is 6.92 Å². The highest BCUT2D eigenvalue weighted by molar-refractivity contribution is 6.30. The molecule has 0 aliphatic carbocycles. The van der Waals surface area contributed by atoms with Gasteiger partial charge in [0.25, 0.3) is 0 Å². The minimum Gasteiger partial charge on any atom is -0.263 e. The molecule has 0 aliphatic heterocycles. The van der Waals surface area contributed by atoms with Crippen LogP contribution in [0.3, 0.4) is 0 Å². The van der Waals surface area contributed by atoms with Crippen LogP contribution in [0.2, 0.25) is 5.15 Å². The Balaban J connectivity index is 0.00000192. The van der Waals surface area contributed by atoms with Crippen molar-refractivity contribution in [1.82, 2.24) is 19.7 Å². The average molecular weight is 363 g/mol. The number of rotatable bonds is 2. The first kappa shape index (κ1) is 17.5. The van der Waals surface area contributed by atoms with Crippen LogP contribution in [-0.4, -0.2) is 25.9 Å². The molecule has 0 saturated carbocycles. The zero-order valence-corrected chi connectivity index (χ0v) is 13.4. The lowest BCUT2D eigenvalue weighted by Gasteiger charge is -2.06. The monoisotopic (exact) mass is 362 g/mol. The molecule has 3 aromatic heterocycles. The Hall–Kier alpha value is -1.86. The van der Waals surface area contributed by atoms with Crippen LogP contribution >= 0.6 is 24.0 Å². The Morgan fingerprint density at radius 3 is 2.65 bits per heavy atom. The van der Waals surface area contributed by atoms with E-state index in [9.17, 15) is 13.2 Å². The number of alkyl halides is 3. The van der Waals surface area contributed by atoms with E-state index in [4.69, 9.17) is 11.6 Å². The van der Waals surface area contributed by atoms with Crippen LogP contribution in [0.25, 0.3) is 22.2 Å². The Morgan fingerprint density at radius 2 is 1.96 bits per heavy atom. The van der Waals surface area contributed by atoms with Crippen molar-refractivity contribution >= 4 is 34.9 Å². The fraction of sp³-hybridized carbons (Fsp3) is 0.214. The van der Waals surface area contributed by atoms with Crippen LogP contribution in [0.15, 0.2) is 30.7 Å². The Kier molecular flexibility index (Phi) is 4.81. The topological polar surface area (TPSA) is 43.6 Å². The Bertz CT molecular complexity index is 846. The predicted octanol–water partition coefficient (Wildman–Crippen LogP) is 4.44. The third-order valence-electron chi connectivity index (χ3n) is 3.14. The molecule has 23 heavy (non-hydrogen) atoms. The van der Waals surface area contributed by atoms with Crippen LogP contribution in [0.1, 0.15) is 5.56 Å². The number of hydrogen-bond donors (Lipinski definition) is 0. The molecule has 0 aliphatic rings. The summed E-state index contributed by atoms with van der Waals surface area (Å²) < 4.78 is 37.9. The van der Waals surface area contributed by atoms with Gasteiger partial charge in [-0.1, -0.05) is 11.6 Å². The summed E-state index contributed by atoms with van der Waals surface area (Å²) >= 11 is 5.85. The molecule has 0 atom stereocenters. The average Bonchev–Trinajstić information content (AvgIpc) is 2.85. The van der Waals surface area contributed by atoms with Crippen LogP contribution < -0.4 is 0 Å². The minimum atomic E-state index is -4.31. The van der Waals surface area contributed by atoms with Gasteiger partial charge in [0.15, 0.2) is 0 Å². The second-order valence-corrected chi connectivity index (χ2v) is 5.28. The molecule has 4 nitrogen and oxygen atoms in total. The van der Waals surface area contributed by atoms with Gasteiger partial charge in [-0.2, -0.15) is 18.3 Å². The van der Waals surface area contributed by atoms with Crippen molar-refractivity contribution in [1.29, 1.82) is 0 Å². The standard InChI is InChI=1S/C14H10ClF3N4.ClH/c1-8-2-11(21-12-5-19-13(15)3-10(8)12)9-4-20-22(6-9)7-14(16,17)18;/h2-6H,7H2,1H3;1H. The van der Waals surface area contributed by atoms with E-state index in [2.05, 4.69) is 15.1 Å². The molecule has 9 heteroatoms. The number of aryl methyl sites for hydroxylation is 1. The first-order valence-electron chi connectivity index (χ1n) is 6.34. The first-order valence-corrected chi connectivity index (χ1v) is 6.72. The molecule has 0 fully saturated rings. The van der Waals surface area contributed by atoms with Crippen molar-refractivity contribution in [2.24, 2.45) is 0 Å². The number of halogens is 5. The van der Waals surface area contributed by atoms with E-state index in [1.165, 1.54) is 18.6 Å². The van der Waals surface area contributed by atoms with Gasteiger partial charge in [0.05, 0.1) is 23.6 Å². The number of fused-ring (bicyclic) bond motifs is 1. The van der Waals surface area contributed by atoms with Crippen LogP contribution in [0, 0.1) is 6.92 Å². The van der Waals surface area contributed by atoms with E-state index in [1.54, 1.807) is 12.1 Å². The van der Waals surface area contributed by atoms with Crippen molar-refractivity contribution < 1.29 is 13.2 Å². The lowest BCUT2D eigenvalue weighted by molar-refractivity contribution is -0.142. The third-order valence-corrected chi connectivity index (χ3v) is 3.35. The van der Waals surface area contributed by atoms with Gasteiger partial charge in [-0.3, -0.25) is 4.68 Å². The molecule has 0 bridgehead atoms. The second-order valence-electron chi connectivity index (χ2n) is 4.89. The minimum absolute atomic E-state index is 0. The molecule has 0 radical (unpaired) electrons. The van der Waals surface area contributed by atoms with E-state index in [0.717, 1.165) is 15.6 Å². The number of nitrogens with zero attached hydrogens (tertiary/aromatic N) is 4. The second kappa shape index (κ2) is 6.33. The number of pyridine rings is 2. The quantitative estimate of drug-likeness (QED) is 0.633. The molecule has 122 valence electrons. The van der Waals surface area contributed by atoms with Crippen LogP contribution in [0.4, 0.5) is 13.2 Å². The summed E-state index contributed by atoms with van der Waals surface area (Å²) in [7, 11) is 0. The lowest BCUT2D eigenvalue weighted by atomic mass is 10.1. The molecule has 3 heterocycles. The third kappa shape index (κ3) is 3.92. The van der Waals surface area contributed by atoms with Crippen LogP contribution in [0.5, 0.6) is 0 Å². The van der Waals surface area contributed by atoms with Crippen molar-refractivity contribution in [2.75, 3.05) is 0 Å². The summed E-state index contributed by atoms with van der Waals surface area (Å²) in [6, 6.07) is 3.49. The lowest BCUT2D eigenvalue weighted by Crippen LogP contribution is -2.17. The maximum absolute atomic E-state index is 12.4. The SMILES string of the molecule is Cc1cc(-c2cnn(CC(F)(F)F)c2)nc2cnc(Cl)cc12.Cl. The molecular formula is C14H11Cl2F3N4. The maximum Gasteiger partial charge on any atom is 0.408 e. The number of hydrogen-bond acceptors (Lipinski definition) is 3. The molecule has 0 spiro atoms. The fourth-order valence-corrected chi connectivity index (χ4v) is 2.34. The summed E-state index contributed by atoms with van der Waals surface area (Å²) in [5.41, 5.74) is 2.60. The highest BCUT2D eigenvalue weighted by Gasteiger charge is 2.28. The predicted molar refractivity (Wildman–Crippen MR) is 83.8 cm³/mol. The molecule has 3 aromatic rings. The normalized spacial score (nSPS) is 11.5. The van der Waals surface area contributed by atoms with E-state index >= 15 is 0 Å². The van der Waals surface area contributed by atoms with Crippen molar-refractivity contribution in [3.8, 4) is 11.3 Å². The van der Waals surface area contributed by atoms with E-state index in [0.29, 0.717) is 21.9 Å². The van der Waals surface area contributed by atoms with E-state index < -0.39 is 12.7 Å². The molecule has 0 saturated heterocycles. The molecule has 0 amide bonds. The van der Waals surface area contributed by atoms with Gasteiger partial charge >= 0.3 is 6.18 Å². The summed E-state index contributed by atoms with van der Waals surface area (Å²) in [4.78, 5) is 8.37. The van der Waals surface area contributed by atoms with Crippen molar-refractivity contribution in [3.63, 3.8) is 0 Å². The first-order chi connectivity index (χ1) is 10.3. The Labute approximate surface area is 140 Å². The van der Waals surface area contributed by atoms with Gasteiger partial charge in [0, 0.05) is 17.1 Å². The zero-order chi connectivity index (χ0) is 15.9. The highest BCUT2D eigenvalue weighted by Crippen LogP contribution is 2.26. The van der Waals surface area contributed by atoms with Gasteiger partial charge in [-0.15, -0.1) is 12.4 Å². The van der Waals surface area contributed by atoms with Gasteiger partial charge < -0.3 is 0 Å². The molecule has 0 unspecified atom stereocenters. The van der Waals surface area contributed by atoms with Crippen molar-refractivity contribution in [3.05, 3.63) is 41.4 Å². The molecule has 0 N–H and O–H groups in total. The smallest absolute Gasteiger partial charge is 0.263 e. The van der Waals surface area contributed by atoms with Crippen molar-refractivity contribution in [2.45, 2.75) is 19.6 Å². The molecule has 3 rings (SSSR count). The summed E-state index contributed by atoms with van der Waals surface area (Å²) in [6.07, 6.45) is -0.0852. The summed E-state index contributed by atoms with van der Waals surface area (Å²) in [6.45, 7) is 0.751. The Morgan fingerprint density at radius 1 is 1.22 bits per heavy atom. The van der Waals surface area contributed by atoms with Gasteiger partial charge in [0.1, 0.15) is 11.7 Å². The fourth-order valence-electron chi connectivity index (χ4n) is 2.19. The van der Waals surface area contributed by atoms with Gasteiger partial charge in [0.2, 0.25) is 0 Å². The maximum atomic E-state index is 12.4. The van der Waals surface area contributed by atoms with Crippen LogP contribution in [-0.2, 0) is 6.54 Å². The zero-order valence-electron chi connectivity index (χ0n) is 11.8.